The Hall–Kier alpha value is -3.98. The zero-order valence-electron chi connectivity index (χ0n) is 15.8. The Bertz CT molecular complexity index is 1140. The standard InChI is InChI=1S/C26H19N3/c1-3-9-19(10-4-1)21-13-7-15-23(17-21)25-27-26(29-28-25)24-16-8-14-22(18-24)20-11-5-2-6-12-20/h1-18H,(H,27,28,29). The molecule has 0 spiro atoms. The molecule has 1 heterocycles. The molecule has 0 amide bonds. The largest absolute Gasteiger partial charge is 0.259 e. The monoisotopic (exact) mass is 373 g/mol. The minimum absolute atomic E-state index is 0.697. The van der Waals surface area contributed by atoms with Crippen LogP contribution in [0.1, 0.15) is 0 Å². The van der Waals surface area contributed by atoms with E-state index in [1.165, 1.54) is 11.1 Å². The molecular formula is C26H19N3. The van der Waals surface area contributed by atoms with E-state index in [1.807, 2.05) is 48.5 Å². The Morgan fingerprint density at radius 2 is 0.931 bits per heavy atom. The van der Waals surface area contributed by atoms with Gasteiger partial charge in [0.05, 0.1) is 0 Å². The Labute approximate surface area is 169 Å². The van der Waals surface area contributed by atoms with Gasteiger partial charge < -0.3 is 0 Å². The van der Waals surface area contributed by atoms with Gasteiger partial charge in [0.1, 0.15) is 0 Å². The number of nitrogens with one attached hydrogen (secondary N) is 1. The van der Waals surface area contributed by atoms with E-state index in [2.05, 4.69) is 70.9 Å². The van der Waals surface area contributed by atoms with Gasteiger partial charge in [-0.05, 0) is 34.4 Å². The van der Waals surface area contributed by atoms with Crippen LogP contribution in [0.5, 0.6) is 0 Å². The molecule has 0 fully saturated rings. The molecule has 0 atom stereocenters. The number of rotatable bonds is 4. The molecule has 0 radical (unpaired) electrons. The smallest absolute Gasteiger partial charge is 0.181 e. The van der Waals surface area contributed by atoms with Crippen molar-refractivity contribution in [1.82, 2.24) is 15.2 Å². The predicted octanol–water partition coefficient (Wildman–Crippen LogP) is 6.47. The van der Waals surface area contributed by atoms with Gasteiger partial charge in [0.25, 0.3) is 0 Å². The first-order chi connectivity index (χ1) is 14.4. The third-order valence-electron chi connectivity index (χ3n) is 4.96. The van der Waals surface area contributed by atoms with E-state index in [9.17, 15) is 0 Å². The van der Waals surface area contributed by atoms with E-state index in [0.29, 0.717) is 5.82 Å². The van der Waals surface area contributed by atoms with E-state index in [-0.39, 0.29) is 0 Å². The van der Waals surface area contributed by atoms with E-state index in [0.717, 1.165) is 28.1 Å². The van der Waals surface area contributed by atoms with Crippen molar-refractivity contribution in [2.24, 2.45) is 0 Å². The zero-order valence-corrected chi connectivity index (χ0v) is 15.8. The number of aromatic amines is 1. The summed E-state index contributed by atoms with van der Waals surface area (Å²) in [5.74, 6) is 1.46. The molecule has 5 aromatic rings. The molecule has 1 aromatic heterocycles. The Balaban J connectivity index is 1.48. The normalized spacial score (nSPS) is 10.8. The summed E-state index contributed by atoms with van der Waals surface area (Å²) in [5, 5.41) is 7.56. The summed E-state index contributed by atoms with van der Waals surface area (Å²) in [6, 6.07) is 37.4. The van der Waals surface area contributed by atoms with E-state index < -0.39 is 0 Å². The van der Waals surface area contributed by atoms with Gasteiger partial charge in [-0.25, -0.2) is 4.98 Å². The zero-order chi connectivity index (χ0) is 19.5. The molecule has 3 nitrogen and oxygen atoms in total. The van der Waals surface area contributed by atoms with Crippen LogP contribution in [-0.2, 0) is 0 Å². The molecule has 138 valence electrons. The summed E-state index contributed by atoms with van der Waals surface area (Å²) in [6.07, 6.45) is 0. The van der Waals surface area contributed by atoms with Crippen molar-refractivity contribution in [3.05, 3.63) is 109 Å². The van der Waals surface area contributed by atoms with Gasteiger partial charge in [-0.2, -0.15) is 5.10 Å². The summed E-state index contributed by atoms with van der Waals surface area (Å²) in [6.45, 7) is 0. The summed E-state index contributed by atoms with van der Waals surface area (Å²) in [4.78, 5) is 4.75. The van der Waals surface area contributed by atoms with Gasteiger partial charge in [-0.1, -0.05) is 97.1 Å². The number of nitrogens with zero attached hydrogens (tertiary/aromatic N) is 2. The van der Waals surface area contributed by atoms with Crippen LogP contribution in [0.4, 0.5) is 0 Å². The van der Waals surface area contributed by atoms with Crippen molar-refractivity contribution in [1.29, 1.82) is 0 Å². The van der Waals surface area contributed by atoms with Crippen LogP contribution in [0.25, 0.3) is 45.0 Å². The topological polar surface area (TPSA) is 41.6 Å². The highest BCUT2D eigenvalue weighted by Crippen LogP contribution is 2.27. The molecule has 29 heavy (non-hydrogen) atoms. The predicted molar refractivity (Wildman–Crippen MR) is 118 cm³/mol. The summed E-state index contributed by atoms with van der Waals surface area (Å²) >= 11 is 0. The average Bonchev–Trinajstić information content (AvgIpc) is 3.31. The fraction of sp³-hybridized carbons (Fsp3) is 0. The van der Waals surface area contributed by atoms with Crippen molar-refractivity contribution in [3.63, 3.8) is 0 Å². The van der Waals surface area contributed by atoms with Crippen molar-refractivity contribution < 1.29 is 0 Å². The molecule has 4 aromatic carbocycles. The van der Waals surface area contributed by atoms with Crippen LogP contribution < -0.4 is 0 Å². The quantitative estimate of drug-likeness (QED) is 0.392. The first kappa shape index (κ1) is 17.1. The maximum Gasteiger partial charge on any atom is 0.181 e. The maximum absolute atomic E-state index is 4.75. The second kappa shape index (κ2) is 7.56. The maximum atomic E-state index is 4.75. The van der Waals surface area contributed by atoms with Crippen LogP contribution in [-0.4, -0.2) is 15.2 Å². The lowest BCUT2D eigenvalue weighted by Crippen LogP contribution is -1.84. The number of benzene rings is 4. The van der Waals surface area contributed by atoms with Crippen LogP contribution in [0.15, 0.2) is 109 Å². The number of hydrogen-bond acceptors (Lipinski definition) is 2. The lowest BCUT2D eigenvalue weighted by molar-refractivity contribution is 1.10. The van der Waals surface area contributed by atoms with Gasteiger partial charge in [0.15, 0.2) is 11.6 Å². The lowest BCUT2D eigenvalue weighted by Gasteiger charge is -2.04. The highest BCUT2D eigenvalue weighted by atomic mass is 15.2. The van der Waals surface area contributed by atoms with E-state index >= 15 is 0 Å². The van der Waals surface area contributed by atoms with Crippen molar-refractivity contribution in [2.45, 2.75) is 0 Å². The third kappa shape index (κ3) is 3.58. The fourth-order valence-corrected chi connectivity index (χ4v) is 3.47. The minimum Gasteiger partial charge on any atom is -0.259 e. The third-order valence-corrected chi connectivity index (χ3v) is 4.96. The molecular weight excluding hydrogens is 354 g/mol. The molecule has 3 heteroatoms. The van der Waals surface area contributed by atoms with E-state index in [1.54, 1.807) is 0 Å². The number of hydrogen-bond donors (Lipinski definition) is 1. The SMILES string of the molecule is c1ccc(-c2cccc(-c3n[nH]c(-c4cccc(-c5ccccc5)c4)n3)c2)cc1. The second-order valence-electron chi connectivity index (χ2n) is 6.90. The number of aromatic nitrogens is 3. The summed E-state index contributed by atoms with van der Waals surface area (Å²) in [5.41, 5.74) is 6.69. The van der Waals surface area contributed by atoms with Gasteiger partial charge in [0.2, 0.25) is 0 Å². The van der Waals surface area contributed by atoms with Crippen LogP contribution in [0, 0.1) is 0 Å². The first-order valence-electron chi connectivity index (χ1n) is 9.61. The average molecular weight is 373 g/mol. The molecule has 0 aliphatic rings. The Morgan fingerprint density at radius 1 is 0.448 bits per heavy atom. The molecule has 0 saturated carbocycles. The van der Waals surface area contributed by atoms with Crippen LogP contribution in [0.2, 0.25) is 0 Å². The second-order valence-corrected chi connectivity index (χ2v) is 6.90. The molecule has 0 aliphatic carbocycles. The van der Waals surface area contributed by atoms with Crippen LogP contribution in [0.3, 0.4) is 0 Å². The van der Waals surface area contributed by atoms with Crippen molar-refractivity contribution in [2.75, 3.05) is 0 Å². The van der Waals surface area contributed by atoms with Gasteiger partial charge in [0, 0.05) is 11.1 Å². The molecule has 5 rings (SSSR count). The van der Waals surface area contributed by atoms with Gasteiger partial charge in [-0.15, -0.1) is 0 Å². The summed E-state index contributed by atoms with van der Waals surface area (Å²) < 4.78 is 0. The van der Waals surface area contributed by atoms with Crippen molar-refractivity contribution >= 4 is 0 Å². The highest BCUT2D eigenvalue weighted by molar-refractivity contribution is 5.73. The molecule has 1 N–H and O–H groups in total. The van der Waals surface area contributed by atoms with Crippen LogP contribution >= 0.6 is 0 Å². The first-order valence-corrected chi connectivity index (χ1v) is 9.61. The molecule has 0 saturated heterocycles. The number of H-pyrrole nitrogens is 1. The Morgan fingerprint density at radius 3 is 1.55 bits per heavy atom. The minimum atomic E-state index is 0.697. The highest BCUT2D eigenvalue weighted by Gasteiger charge is 2.10. The lowest BCUT2D eigenvalue weighted by atomic mass is 10.0. The van der Waals surface area contributed by atoms with Crippen molar-refractivity contribution in [3.8, 4) is 45.0 Å². The summed E-state index contributed by atoms with van der Waals surface area (Å²) in [7, 11) is 0. The van der Waals surface area contributed by atoms with E-state index in [4.69, 9.17) is 4.98 Å². The molecule has 0 bridgehead atoms. The Kier molecular flexibility index (Phi) is 4.47. The van der Waals surface area contributed by atoms with Gasteiger partial charge >= 0.3 is 0 Å². The molecule has 0 aliphatic heterocycles. The fourth-order valence-electron chi connectivity index (χ4n) is 3.47. The molecule has 0 unspecified atom stereocenters. The van der Waals surface area contributed by atoms with Gasteiger partial charge in [-0.3, -0.25) is 5.10 Å².